The number of sulfonamides is 1. The minimum Gasteiger partial charge on any atom is -0.497 e. The van der Waals surface area contributed by atoms with Gasteiger partial charge in [0.05, 0.1) is 18.6 Å². The van der Waals surface area contributed by atoms with Crippen LogP contribution in [0.1, 0.15) is 5.56 Å². The molecule has 0 spiro atoms. The number of anilines is 1. The molecular weight excluding hydrogens is 456 g/mol. The van der Waals surface area contributed by atoms with Crippen molar-refractivity contribution in [2.45, 2.75) is 11.3 Å². The number of rotatable bonds is 9. The predicted octanol–water partition coefficient (Wildman–Crippen LogP) is 3.34. The number of hydrogen-bond acceptors (Lipinski definition) is 6. The molecule has 0 fully saturated rings. The predicted molar refractivity (Wildman–Crippen MR) is 128 cm³/mol. The van der Waals surface area contributed by atoms with E-state index in [1.807, 2.05) is 30.3 Å². The first kappa shape index (κ1) is 23.6. The fourth-order valence-electron chi connectivity index (χ4n) is 3.55. The fraction of sp³-hybridized carbons (Fsp3) is 0.240. The van der Waals surface area contributed by atoms with Crippen LogP contribution in [0.15, 0.2) is 77.7 Å². The van der Waals surface area contributed by atoms with E-state index in [0.29, 0.717) is 42.6 Å². The first-order chi connectivity index (χ1) is 16.5. The van der Waals surface area contributed by atoms with Crippen LogP contribution in [0.4, 0.5) is 5.69 Å². The molecule has 9 heteroatoms. The molecule has 0 aromatic heterocycles. The second-order valence-electron chi connectivity index (χ2n) is 7.66. The largest absolute Gasteiger partial charge is 0.497 e. The van der Waals surface area contributed by atoms with Crippen LogP contribution in [0.5, 0.6) is 17.2 Å². The van der Waals surface area contributed by atoms with Crippen LogP contribution in [-0.2, 0) is 21.2 Å². The summed E-state index contributed by atoms with van der Waals surface area (Å²) < 4.78 is 44.4. The van der Waals surface area contributed by atoms with Gasteiger partial charge in [-0.3, -0.25) is 4.79 Å². The van der Waals surface area contributed by atoms with Crippen molar-refractivity contribution in [3.63, 3.8) is 0 Å². The van der Waals surface area contributed by atoms with Crippen LogP contribution >= 0.6 is 0 Å². The minimum absolute atomic E-state index is 0.0436. The van der Waals surface area contributed by atoms with Gasteiger partial charge in [0.15, 0.2) is 11.5 Å². The summed E-state index contributed by atoms with van der Waals surface area (Å²) in [6.07, 6.45) is 0.459. The van der Waals surface area contributed by atoms with Gasteiger partial charge in [-0.25, -0.2) is 8.42 Å². The molecule has 0 bridgehead atoms. The molecule has 1 N–H and O–H groups in total. The first-order valence-electron chi connectivity index (χ1n) is 10.8. The molecule has 178 valence electrons. The normalized spacial score (nSPS) is 12.9. The van der Waals surface area contributed by atoms with Crippen LogP contribution in [0.2, 0.25) is 0 Å². The maximum Gasteiger partial charge on any atom is 0.243 e. The highest BCUT2D eigenvalue weighted by Crippen LogP contribution is 2.33. The van der Waals surface area contributed by atoms with E-state index in [2.05, 4.69) is 5.32 Å². The Morgan fingerprint density at radius 2 is 1.68 bits per heavy atom. The number of benzene rings is 3. The Balaban J connectivity index is 1.55. The van der Waals surface area contributed by atoms with Gasteiger partial charge >= 0.3 is 0 Å². The molecule has 1 aliphatic heterocycles. The van der Waals surface area contributed by atoms with Gasteiger partial charge in [0.1, 0.15) is 19.0 Å². The zero-order chi connectivity index (χ0) is 24.0. The summed E-state index contributed by atoms with van der Waals surface area (Å²) in [7, 11) is -2.43. The Kier molecular flexibility index (Phi) is 7.34. The summed E-state index contributed by atoms with van der Waals surface area (Å²) in [4.78, 5) is 12.8. The van der Waals surface area contributed by atoms with Crippen molar-refractivity contribution < 1.29 is 27.4 Å². The van der Waals surface area contributed by atoms with Gasteiger partial charge in [0.25, 0.3) is 0 Å². The number of carbonyl (C=O) groups excluding carboxylic acids is 1. The zero-order valence-corrected chi connectivity index (χ0v) is 19.6. The van der Waals surface area contributed by atoms with Crippen molar-refractivity contribution in [1.29, 1.82) is 0 Å². The Labute approximate surface area is 199 Å². The molecule has 34 heavy (non-hydrogen) atoms. The maximum atomic E-state index is 13.5. The van der Waals surface area contributed by atoms with Crippen molar-refractivity contribution in [1.82, 2.24) is 4.31 Å². The lowest BCUT2D eigenvalue weighted by Gasteiger charge is -2.24. The molecule has 0 radical (unpaired) electrons. The van der Waals surface area contributed by atoms with Gasteiger partial charge in [-0.15, -0.1) is 0 Å². The van der Waals surface area contributed by atoms with Crippen molar-refractivity contribution >= 4 is 21.6 Å². The summed E-state index contributed by atoms with van der Waals surface area (Å²) in [6, 6.07) is 20.9. The average Bonchev–Trinajstić information content (AvgIpc) is 2.87. The van der Waals surface area contributed by atoms with E-state index >= 15 is 0 Å². The van der Waals surface area contributed by atoms with Gasteiger partial charge in [0.2, 0.25) is 15.9 Å². The van der Waals surface area contributed by atoms with Crippen LogP contribution in [0.25, 0.3) is 0 Å². The van der Waals surface area contributed by atoms with E-state index < -0.39 is 15.9 Å². The lowest BCUT2D eigenvalue weighted by Crippen LogP contribution is -2.39. The topological polar surface area (TPSA) is 94.2 Å². The summed E-state index contributed by atoms with van der Waals surface area (Å²) in [5.41, 5.74) is 1.52. The van der Waals surface area contributed by atoms with Crippen LogP contribution in [0, 0.1) is 0 Å². The molecule has 8 nitrogen and oxygen atoms in total. The third-order valence-electron chi connectivity index (χ3n) is 5.34. The zero-order valence-electron chi connectivity index (χ0n) is 18.8. The van der Waals surface area contributed by atoms with Crippen molar-refractivity contribution in [2.75, 3.05) is 38.7 Å². The Morgan fingerprint density at radius 1 is 0.971 bits per heavy atom. The molecule has 0 unspecified atom stereocenters. The smallest absolute Gasteiger partial charge is 0.243 e. The van der Waals surface area contributed by atoms with Gasteiger partial charge in [-0.1, -0.05) is 30.3 Å². The summed E-state index contributed by atoms with van der Waals surface area (Å²) in [5.74, 6) is 1.08. The van der Waals surface area contributed by atoms with E-state index in [1.54, 1.807) is 37.4 Å². The number of methoxy groups -OCH3 is 1. The molecule has 4 rings (SSSR count). The lowest BCUT2D eigenvalue weighted by molar-refractivity contribution is -0.116. The summed E-state index contributed by atoms with van der Waals surface area (Å²) >= 11 is 0. The Hall–Kier alpha value is -3.56. The number of carbonyl (C=O) groups is 1. The molecule has 0 atom stereocenters. The van der Waals surface area contributed by atoms with Crippen LogP contribution < -0.4 is 19.5 Å². The number of amides is 1. The van der Waals surface area contributed by atoms with E-state index in [1.165, 1.54) is 16.4 Å². The molecule has 3 aromatic rings. The highest BCUT2D eigenvalue weighted by molar-refractivity contribution is 7.89. The second kappa shape index (κ2) is 10.6. The average molecular weight is 483 g/mol. The van der Waals surface area contributed by atoms with Gasteiger partial charge < -0.3 is 19.5 Å². The summed E-state index contributed by atoms with van der Waals surface area (Å²) in [5, 5.41) is 2.75. The highest BCUT2D eigenvalue weighted by atomic mass is 32.2. The molecule has 0 saturated carbocycles. The number of ether oxygens (including phenoxy) is 3. The lowest BCUT2D eigenvalue weighted by atomic mass is 10.1. The number of nitrogens with zero attached hydrogens (tertiary/aromatic N) is 1. The summed E-state index contributed by atoms with van der Waals surface area (Å²) in [6.45, 7) is 0.554. The Morgan fingerprint density at radius 3 is 2.38 bits per heavy atom. The van der Waals surface area contributed by atoms with Crippen molar-refractivity contribution in [3.8, 4) is 17.2 Å². The minimum atomic E-state index is -3.99. The van der Waals surface area contributed by atoms with Crippen LogP contribution in [0.3, 0.4) is 0 Å². The van der Waals surface area contributed by atoms with Crippen molar-refractivity contribution in [3.05, 3.63) is 78.4 Å². The molecule has 3 aromatic carbocycles. The third-order valence-corrected chi connectivity index (χ3v) is 7.18. The quantitative estimate of drug-likeness (QED) is 0.503. The van der Waals surface area contributed by atoms with E-state index in [4.69, 9.17) is 14.2 Å². The molecule has 1 amide bonds. The molecule has 0 aliphatic carbocycles. The maximum absolute atomic E-state index is 13.5. The molecular formula is C25H26N2O6S. The SMILES string of the molecule is COc1ccc(NC(=O)CN(CCc2ccccc2)S(=O)(=O)c2ccc3c(c2)OCCO3)cc1. The van der Waals surface area contributed by atoms with E-state index in [-0.39, 0.29) is 18.0 Å². The number of fused-ring (bicyclic) bond motifs is 1. The highest BCUT2D eigenvalue weighted by Gasteiger charge is 2.28. The fourth-order valence-corrected chi connectivity index (χ4v) is 4.96. The standard InChI is InChI=1S/C25H26N2O6S/c1-31-21-9-7-20(8-10-21)26-25(28)18-27(14-13-19-5-3-2-4-6-19)34(29,30)22-11-12-23-24(17-22)33-16-15-32-23/h2-12,17H,13-16,18H2,1H3,(H,26,28). The first-order valence-corrected chi connectivity index (χ1v) is 12.3. The Bertz CT molecular complexity index is 1230. The number of hydrogen-bond donors (Lipinski definition) is 1. The van der Waals surface area contributed by atoms with Crippen molar-refractivity contribution in [2.24, 2.45) is 0 Å². The van der Waals surface area contributed by atoms with Gasteiger partial charge in [-0.2, -0.15) is 4.31 Å². The molecule has 0 saturated heterocycles. The van der Waals surface area contributed by atoms with Gasteiger partial charge in [0, 0.05) is 18.3 Å². The van der Waals surface area contributed by atoms with Gasteiger partial charge in [-0.05, 0) is 48.4 Å². The molecule has 1 aliphatic rings. The molecule has 1 heterocycles. The van der Waals surface area contributed by atoms with E-state index in [0.717, 1.165) is 5.56 Å². The number of nitrogens with one attached hydrogen (secondary N) is 1. The van der Waals surface area contributed by atoms with E-state index in [9.17, 15) is 13.2 Å². The second-order valence-corrected chi connectivity index (χ2v) is 9.59. The monoisotopic (exact) mass is 482 g/mol. The third kappa shape index (κ3) is 5.67. The van der Waals surface area contributed by atoms with Crippen LogP contribution in [-0.4, -0.2) is 52.0 Å².